The van der Waals surface area contributed by atoms with E-state index in [1.807, 2.05) is 38.1 Å². The number of carboxylic acids is 1. The highest BCUT2D eigenvalue weighted by atomic mass is 16.5. The Hall–Kier alpha value is -2.18. The van der Waals surface area contributed by atoms with Crippen molar-refractivity contribution in [2.45, 2.75) is 32.9 Å². The predicted molar refractivity (Wildman–Crippen MR) is 83.1 cm³/mol. The normalized spacial score (nSPS) is 12.5. The Morgan fingerprint density at radius 2 is 1.86 bits per heavy atom. The van der Waals surface area contributed by atoms with Gasteiger partial charge in [-0.25, -0.2) is 5.48 Å². The van der Waals surface area contributed by atoms with Crippen LogP contribution in [0.15, 0.2) is 30.3 Å². The molecule has 1 rings (SSSR count). The number of nitrogens with one attached hydrogen (secondary N) is 2. The third-order valence-electron chi connectivity index (χ3n) is 3.07. The third kappa shape index (κ3) is 6.51. The average molecular weight is 306 g/mol. The molecule has 0 unspecified atom stereocenters. The van der Waals surface area contributed by atoms with Crippen molar-refractivity contribution < 1.29 is 19.9 Å². The van der Waals surface area contributed by atoms with Crippen LogP contribution >= 0.6 is 0 Å². The summed E-state index contributed by atoms with van der Waals surface area (Å²) in [5.41, 5.74) is 3.28. The second-order valence-corrected chi connectivity index (χ2v) is 5.45. The van der Waals surface area contributed by atoms with Gasteiger partial charge in [0.15, 0.2) is 0 Å². The predicted octanol–water partition coefficient (Wildman–Crippen LogP) is 1.79. The summed E-state index contributed by atoms with van der Waals surface area (Å²) < 4.78 is 0. The number of carbonyl (C=O) groups is 2. The fourth-order valence-corrected chi connectivity index (χ4v) is 1.94. The SMILES string of the molecule is CC(C)C[C@@H](NCc1ccc(/C=C/C(=O)NO)cc1)C(=O)O. The van der Waals surface area contributed by atoms with Gasteiger partial charge in [-0.1, -0.05) is 38.1 Å². The van der Waals surface area contributed by atoms with Crippen molar-refractivity contribution in [2.75, 3.05) is 0 Å². The number of amides is 1. The van der Waals surface area contributed by atoms with Gasteiger partial charge in [-0.15, -0.1) is 0 Å². The Bertz CT molecular complexity index is 523. The fraction of sp³-hybridized carbons (Fsp3) is 0.375. The summed E-state index contributed by atoms with van der Waals surface area (Å²) in [6.07, 6.45) is 3.37. The highest BCUT2D eigenvalue weighted by molar-refractivity contribution is 5.90. The number of aliphatic carboxylic acids is 1. The average Bonchev–Trinajstić information content (AvgIpc) is 2.49. The first-order valence-electron chi connectivity index (χ1n) is 7.09. The van der Waals surface area contributed by atoms with E-state index in [2.05, 4.69) is 5.32 Å². The molecule has 0 saturated heterocycles. The summed E-state index contributed by atoms with van der Waals surface area (Å²) in [6, 6.07) is 6.79. The van der Waals surface area contributed by atoms with Crippen molar-refractivity contribution in [3.63, 3.8) is 0 Å². The zero-order valence-electron chi connectivity index (χ0n) is 12.7. The van der Waals surface area contributed by atoms with Crippen LogP contribution in [0.3, 0.4) is 0 Å². The number of rotatable bonds is 8. The second-order valence-electron chi connectivity index (χ2n) is 5.45. The molecule has 0 radical (unpaired) electrons. The zero-order chi connectivity index (χ0) is 16.5. The number of carboxylic acid groups (broad SMARTS) is 1. The molecular formula is C16H22N2O4. The molecule has 0 saturated carbocycles. The van der Waals surface area contributed by atoms with Crippen LogP contribution in [0.25, 0.3) is 6.08 Å². The standard InChI is InChI=1S/C16H22N2O4/c1-11(2)9-14(16(20)21)17-10-13-5-3-12(4-6-13)7-8-15(19)18-22/h3-8,11,14,17,22H,9-10H2,1-2H3,(H,18,19)(H,20,21)/b8-7+/t14-/m1/s1. The lowest BCUT2D eigenvalue weighted by Gasteiger charge is -2.16. The molecule has 0 aliphatic heterocycles. The van der Waals surface area contributed by atoms with Crippen molar-refractivity contribution in [2.24, 2.45) is 5.92 Å². The van der Waals surface area contributed by atoms with Crippen LogP contribution in [0, 0.1) is 5.92 Å². The maximum Gasteiger partial charge on any atom is 0.320 e. The molecule has 6 heteroatoms. The van der Waals surface area contributed by atoms with E-state index in [0.29, 0.717) is 18.9 Å². The van der Waals surface area contributed by atoms with Gasteiger partial charge in [0.05, 0.1) is 0 Å². The van der Waals surface area contributed by atoms with E-state index in [4.69, 9.17) is 10.3 Å². The Labute approximate surface area is 129 Å². The highest BCUT2D eigenvalue weighted by Crippen LogP contribution is 2.09. The smallest absolute Gasteiger partial charge is 0.320 e. The van der Waals surface area contributed by atoms with Crippen LogP contribution in [-0.2, 0) is 16.1 Å². The van der Waals surface area contributed by atoms with Gasteiger partial charge in [-0.05, 0) is 29.5 Å². The summed E-state index contributed by atoms with van der Waals surface area (Å²) in [5, 5.41) is 20.6. The lowest BCUT2D eigenvalue weighted by atomic mass is 10.0. The molecule has 1 aromatic rings. The second kappa shape index (κ2) is 8.96. The first-order valence-corrected chi connectivity index (χ1v) is 7.09. The molecular weight excluding hydrogens is 284 g/mol. The van der Waals surface area contributed by atoms with Gasteiger partial charge in [-0.3, -0.25) is 14.8 Å². The Kier molecular flexibility index (Phi) is 7.28. The van der Waals surface area contributed by atoms with E-state index in [0.717, 1.165) is 11.1 Å². The number of carbonyl (C=O) groups excluding carboxylic acids is 1. The van der Waals surface area contributed by atoms with Crippen LogP contribution < -0.4 is 10.8 Å². The highest BCUT2D eigenvalue weighted by Gasteiger charge is 2.17. The topological polar surface area (TPSA) is 98.7 Å². The molecule has 1 aromatic carbocycles. The van der Waals surface area contributed by atoms with Gasteiger partial charge in [0.25, 0.3) is 5.91 Å². The van der Waals surface area contributed by atoms with Crippen molar-refractivity contribution in [1.29, 1.82) is 0 Å². The number of benzene rings is 1. The molecule has 0 aliphatic rings. The summed E-state index contributed by atoms with van der Waals surface area (Å²) in [5.74, 6) is -1.13. The number of hydrogen-bond donors (Lipinski definition) is 4. The molecule has 0 fully saturated rings. The maximum absolute atomic E-state index is 11.2. The van der Waals surface area contributed by atoms with E-state index in [1.54, 1.807) is 6.08 Å². The Balaban J connectivity index is 2.58. The van der Waals surface area contributed by atoms with Gasteiger partial charge < -0.3 is 10.4 Å². The van der Waals surface area contributed by atoms with E-state index in [9.17, 15) is 9.59 Å². The van der Waals surface area contributed by atoms with Crippen LogP contribution in [0.5, 0.6) is 0 Å². The fourth-order valence-electron chi connectivity index (χ4n) is 1.94. The molecule has 4 N–H and O–H groups in total. The van der Waals surface area contributed by atoms with Crippen molar-refractivity contribution in [3.05, 3.63) is 41.5 Å². The molecule has 0 bridgehead atoms. The molecule has 1 atom stereocenters. The van der Waals surface area contributed by atoms with Crippen molar-refractivity contribution in [1.82, 2.24) is 10.8 Å². The molecule has 6 nitrogen and oxygen atoms in total. The maximum atomic E-state index is 11.2. The molecule has 22 heavy (non-hydrogen) atoms. The number of hydrogen-bond acceptors (Lipinski definition) is 4. The molecule has 120 valence electrons. The monoisotopic (exact) mass is 306 g/mol. The van der Waals surface area contributed by atoms with E-state index >= 15 is 0 Å². The van der Waals surface area contributed by atoms with Crippen molar-refractivity contribution >= 4 is 18.0 Å². The van der Waals surface area contributed by atoms with Crippen LogP contribution in [0.4, 0.5) is 0 Å². The molecule has 1 amide bonds. The first kappa shape index (κ1) is 17.9. The third-order valence-corrected chi connectivity index (χ3v) is 3.07. The van der Waals surface area contributed by atoms with Gasteiger partial charge in [0, 0.05) is 12.6 Å². The molecule has 0 spiro atoms. The van der Waals surface area contributed by atoms with Crippen LogP contribution in [0.2, 0.25) is 0 Å². The largest absolute Gasteiger partial charge is 0.480 e. The van der Waals surface area contributed by atoms with Crippen molar-refractivity contribution in [3.8, 4) is 0 Å². The van der Waals surface area contributed by atoms with Gasteiger partial charge in [0.1, 0.15) is 6.04 Å². The van der Waals surface area contributed by atoms with Gasteiger partial charge in [0.2, 0.25) is 0 Å². The Morgan fingerprint density at radius 3 is 2.36 bits per heavy atom. The summed E-state index contributed by atoms with van der Waals surface area (Å²) in [4.78, 5) is 22.0. The molecule has 0 heterocycles. The number of hydroxylamine groups is 1. The summed E-state index contributed by atoms with van der Waals surface area (Å²) >= 11 is 0. The molecule has 0 aromatic heterocycles. The van der Waals surface area contributed by atoms with E-state index in [-0.39, 0.29) is 0 Å². The first-order chi connectivity index (χ1) is 10.4. The minimum atomic E-state index is -0.844. The quantitative estimate of drug-likeness (QED) is 0.333. The minimum Gasteiger partial charge on any atom is -0.480 e. The van der Waals surface area contributed by atoms with Gasteiger partial charge >= 0.3 is 5.97 Å². The van der Waals surface area contributed by atoms with Crippen LogP contribution in [0.1, 0.15) is 31.4 Å². The lowest BCUT2D eigenvalue weighted by Crippen LogP contribution is -2.37. The Morgan fingerprint density at radius 1 is 1.23 bits per heavy atom. The zero-order valence-corrected chi connectivity index (χ0v) is 12.7. The van der Waals surface area contributed by atoms with Gasteiger partial charge in [-0.2, -0.15) is 0 Å². The minimum absolute atomic E-state index is 0.304. The summed E-state index contributed by atoms with van der Waals surface area (Å²) in [7, 11) is 0. The van der Waals surface area contributed by atoms with E-state index < -0.39 is 17.9 Å². The van der Waals surface area contributed by atoms with Crippen LogP contribution in [-0.4, -0.2) is 28.2 Å². The molecule has 0 aliphatic carbocycles. The summed E-state index contributed by atoms with van der Waals surface area (Å²) in [6.45, 7) is 4.44. The lowest BCUT2D eigenvalue weighted by molar-refractivity contribution is -0.140. The van der Waals surface area contributed by atoms with E-state index in [1.165, 1.54) is 11.6 Å².